The van der Waals surface area contributed by atoms with Crippen molar-refractivity contribution >= 4 is 11.8 Å². The number of carbonyl (C=O) groups is 2. The third-order valence-electron chi connectivity index (χ3n) is 4.70. The van der Waals surface area contributed by atoms with Gasteiger partial charge in [-0.3, -0.25) is 9.59 Å². The van der Waals surface area contributed by atoms with Gasteiger partial charge in [-0.25, -0.2) is 0 Å². The minimum Gasteiger partial charge on any atom is -0.343 e. The fraction of sp³-hybridized carbons (Fsp3) is 0.857. The molecule has 4 heteroatoms. The van der Waals surface area contributed by atoms with E-state index in [-0.39, 0.29) is 24.4 Å². The van der Waals surface area contributed by atoms with E-state index < -0.39 is 0 Å². The molecule has 3 fully saturated rings. The Kier molecular flexibility index (Phi) is 2.83. The monoisotopic (exact) mass is 250 g/mol. The Hall–Kier alpha value is -1.06. The second kappa shape index (κ2) is 4.25. The molecule has 2 saturated carbocycles. The molecule has 3 aliphatic rings. The topological polar surface area (TPSA) is 49.4 Å². The molecule has 3 rings (SSSR count). The van der Waals surface area contributed by atoms with E-state index in [4.69, 9.17) is 0 Å². The summed E-state index contributed by atoms with van der Waals surface area (Å²) in [5, 5.41) is 2.82. The van der Waals surface area contributed by atoms with E-state index in [1.807, 2.05) is 11.8 Å². The predicted octanol–water partition coefficient (Wildman–Crippen LogP) is 1.30. The molecule has 0 spiro atoms. The summed E-state index contributed by atoms with van der Waals surface area (Å²) in [6, 6.07) is -0.272. The highest BCUT2D eigenvalue weighted by Crippen LogP contribution is 2.61. The lowest BCUT2D eigenvalue weighted by molar-refractivity contribution is -0.145. The van der Waals surface area contributed by atoms with Gasteiger partial charge in [0.2, 0.25) is 11.8 Å². The molecular formula is C14H22N2O2. The average Bonchev–Trinajstić information content (AvgIpc) is 3.17. The molecule has 1 heterocycles. The zero-order valence-electron chi connectivity index (χ0n) is 11.1. The number of nitrogens with zero attached hydrogens (tertiary/aromatic N) is 1. The van der Waals surface area contributed by atoms with Gasteiger partial charge < -0.3 is 10.2 Å². The van der Waals surface area contributed by atoms with Crippen LogP contribution >= 0.6 is 0 Å². The van der Waals surface area contributed by atoms with Crippen LogP contribution in [0.1, 0.15) is 45.4 Å². The number of hydrogen-bond acceptors (Lipinski definition) is 2. The van der Waals surface area contributed by atoms with Gasteiger partial charge in [0.05, 0.1) is 6.54 Å². The van der Waals surface area contributed by atoms with Crippen LogP contribution in [0.3, 0.4) is 0 Å². The molecule has 0 bridgehead atoms. The number of nitrogens with one attached hydrogen (secondary N) is 1. The second-order valence-corrected chi connectivity index (χ2v) is 6.24. The van der Waals surface area contributed by atoms with Gasteiger partial charge in [0, 0.05) is 6.54 Å². The van der Waals surface area contributed by atoms with E-state index in [9.17, 15) is 9.59 Å². The molecule has 100 valence electrons. The first-order valence-corrected chi connectivity index (χ1v) is 7.23. The van der Waals surface area contributed by atoms with Crippen LogP contribution in [-0.2, 0) is 9.59 Å². The van der Waals surface area contributed by atoms with Crippen LogP contribution in [0.2, 0.25) is 0 Å². The van der Waals surface area contributed by atoms with Crippen molar-refractivity contribution in [2.24, 2.45) is 11.3 Å². The van der Waals surface area contributed by atoms with Crippen LogP contribution in [0.4, 0.5) is 0 Å². The van der Waals surface area contributed by atoms with Crippen molar-refractivity contribution in [3.8, 4) is 0 Å². The molecule has 1 N–H and O–H groups in total. The van der Waals surface area contributed by atoms with Crippen molar-refractivity contribution in [3.63, 3.8) is 0 Å². The lowest BCUT2D eigenvalue weighted by atomic mass is 9.98. The summed E-state index contributed by atoms with van der Waals surface area (Å²) in [4.78, 5) is 25.8. The smallest absolute Gasteiger partial charge is 0.245 e. The Morgan fingerprint density at radius 2 is 2.06 bits per heavy atom. The number of amides is 2. The Labute approximate surface area is 108 Å². The van der Waals surface area contributed by atoms with Gasteiger partial charge in [0.1, 0.15) is 6.04 Å². The van der Waals surface area contributed by atoms with Crippen molar-refractivity contribution in [1.29, 1.82) is 0 Å². The van der Waals surface area contributed by atoms with Crippen molar-refractivity contribution in [1.82, 2.24) is 10.2 Å². The minimum absolute atomic E-state index is 0.0136. The fourth-order valence-electron chi connectivity index (χ4n) is 3.32. The Bertz CT molecular complexity index is 372. The minimum atomic E-state index is -0.272. The standard InChI is InChI=1S/C14H22N2O2/c1-2-3-11-13(18)16(8-12(17)15-11)9-14(6-7-14)10-4-5-10/h10-11H,2-9H2,1H3,(H,15,17). The van der Waals surface area contributed by atoms with Crippen molar-refractivity contribution < 1.29 is 9.59 Å². The van der Waals surface area contributed by atoms with Crippen LogP contribution < -0.4 is 5.32 Å². The molecule has 2 amide bonds. The molecule has 1 unspecified atom stereocenters. The van der Waals surface area contributed by atoms with Crippen LogP contribution in [0.25, 0.3) is 0 Å². The van der Waals surface area contributed by atoms with E-state index in [2.05, 4.69) is 5.32 Å². The molecule has 1 saturated heterocycles. The van der Waals surface area contributed by atoms with Crippen molar-refractivity contribution in [3.05, 3.63) is 0 Å². The zero-order chi connectivity index (χ0) is 12.8. The van der Waals surface area contributed by atoms with Gasteiger partial charge in [-0.2, -0.15) is 0 Å². The number of piperazine rings is 1. The van der Waals surface area contributed by atoms with E-state index in [0.29, 0.717) is 5.41 Å². The highest BCUT2D eigenvalue weighted by Gasteiger charge is 2.55. The molecule has 1 atom stereocenters. The first-order valence-electron chi connectivity index (χ1n) is 7.23. The van der Waals surface area contributed by atoms with E-state index in [1.54, 1.807) is 0 Å². The van der Waals surface area contributed by atoms with E-state index >= 15 is 0 Å². The number of hydrogen-bond donors (Lipinski definition) is 1. The summed E-state index contributed by atoms with van der Waals surface area (Å²) in [6.45, 7) is 3.14. The molecule has 0 aromatic heterocycles. The molecule has 18 heavy (non-hydrogen) atoms. The molecule has 2 aliphatic carbocycles. The summed E-state index contributed by atoms with van der Waals surface area (Å²) in [6.07, 6.45) is 6.85. The normalized spacial score (nSPS) is 30.3. The number of carbonyl (C=O) groups excluding carboxylic acids is 2. The van der Waals surface area contributed by atoms with Gasteiger partial charge in [-0.15, -0.1) is 0 Å². The zero-order valence-corrected chi connectivity index (χ0v) is 11.1. The maximum Gasteiger partial charge on any atom is 0.245 e. The van der Waals surface area contributed by atoms with Crippen molar-refractivity contribution in [2.45, 2.75) is 51.5 Å². The third kappa shape index (κ3) is 2.13. The summed E-state index contributed by atoms with van der Waals surface area (Å²) in [7, 11) is 0. The molecule has 1 aliphatic heterocycles. The van der Waals surface area contributed by atoms with Gasteiger partial charge in [0.25, 0.3) is 0 Å². The average molecular weight is 250 g/mol. The lowest BCUT2D eigenvalue weighted by Crippen LogP contribution is -2.59. The summed E-state index contributed by atoms with van der Waals surface area (Å²) >= 11 is 0. The number of rotatable bonds is 5. The van der Waals surface area contributed by atoms with Crippen LogP contribution in [-0.4, -0.2) is 35.8 Å². The maximum absolute atomic E-state index is 12.3. The largest absolute Gasteiger partial charge is 0.343 e. The van der Waals surface area contributed by atoms with Gasteiger partial charge >= 0.3 is 0 Å². The first kappa shape index (κ1) is 12.0. The third-order valence-corrected chi connectivity index (χ3v) is 4.70. The summed E-state index contributed by atoms with van der Waals surface area (Å²) < 4.78 is 0. The molecular weight excluding hydrogens is 228 g/mol. The predicted molar refractivity (Wildman–Crippen MR) is 67.8 cm³/mol. The van der Waals surface area contributed by atoms with Crippen molar-refractivity contribution in [2.75, 3.05) is 13.1 Å². The maximum atomic E-state index is 12.3. The van der Waals surface area contributed by atoms with Gasteiger partial charge in [0.15, 0.2) is 0 Å². The van der Waals surface area contributed by atoms with E-state index in [1.165, 1.54) is 25.7 Å². The highest BCUT2D eigenvalue weighted by atomic mass is 16.2. The van der Waals surface area contributed by atoms with Crippen LogP contribution in [0.15, 0.2) is 0 Å². The fourth-order valence-corrected chi connectivity index (χ4v) is 3.32. The highest BCUT2D eigenvalue weighted by molar-refractivity contribution is 5.94. The Balaban J connectivity index is 1.66. The molecule has 0 aromatic rings. The quantitative estimate of drug-likeness (QED) is 0.799. The molecule has 0 aromatic carbocycles. The Morgan fingerprint density at radius 1 is 1.33 bits per heavy atom. The van der Waals surface area contributed by atoms with Crippen LogP contribution in [0.5, 0.6) is 0 Å². The summed E-state index contributed by atoms with van der Waals surface area (Å²) in [5.74, 6) is 0.989. The molecule has 0 radical (unpaired) electrons. The van der Waals surface area contributed by atoms with Crippen LogP contribution in [0, 0.1) is 11.3 Å². The van der Waals surface area contributed by atoms with E-state index in [0.717, 1.165) is 25.3 Å². The first-order chi connectivity index (χ1) is 8.64. The molecule has 4 nitrogen and oxygen atoms in total. The Morgan fingerprint density at radius 3 is 2.61 bits per heavy atom. The summed E-state index contributed by atoms with van der Waals surface area (Å²) in [5.41, 5.74) is 0.393. The SMILES string of the molecule is CCCC1NC(=O)CN(CC2(C3CC3)CC2)C1=O. The lowest BCUT2D eigenvalue weighted by Gasteiger charge is -2.35. The van der Waals surface area contributed by atoms with Gasteiger partial charge in [-0.05, 0) is 43.4 Å². The second-order valence-electron chi connectivity index (χ2n) is 6.24. The van der Waals surface area contributed by atoms with Gasteiger partial charge in [-0.1, -0.05) is 13.3 Å².